The number of ether oxygens (including phenoxy) is 1. The molecule has 2 aromatic rings. The Hall–Kier alpha value is -1.97. The summed E-state index contributed by atoms with van der Waals surface area (Å²) >= 11 is 0. The molecule has 20 heavy (non-hydrogen) atoms. The molecule has 0 unspecified atom stereocenters. The lowest BCUT2D eigenvalue weighted by molar-refractivity contribution is 0.100. The molecule has 1 heterocycles. The number of primary amides is 1. The fourth-order valence-electron chi connectivity index (χ4n) is 3.49. The third-order valence-corrected chi connectivity index (χ3v) is 4.39. The normalized spacial score (nSPS) is 15.9. The van der Waals surface area contributed by atoms with Crippen LogP contribution in [0.25, 0.3) is 10.9 Å². The molecular formula is C16H20N2O2. The second kappa shape index (κ2) is 4.85. The van der Waals surface area contributed by atoms with Crippen LogP contribution in [0.5, 0.6) is 5.75 Å². The number of nitrogens with two attached hydrogens (primary N) is 1. The lowest BCUT2D eigenvalue weighted by Gasteiger charge is -2.16. The Morgan fingerprint density at radius 2 is 2.05 bits per heavy atom. The SMILES string of the molecule is COc1ccc2c(c1)c(C(N)=O)c(C)n2C1CCCC1. The fourth-order valence-corrected chi connectivity index (χ4v) is 3.49. The van der Waals surface area contributed by atoms with Crippen LogP contribution >= 0.6 is 0 Å². The van der Waals surface area contributed by atoms with Crippen molar-refractivity contribution in [2.24, 2.45) is 5.73 Å². The number of carbonyl (C=O) groups excluding carboxylic acids is 1. The summed E-state index contributed by atoms with van der Waals surface area (Å²) in [6.07, 6.45) is 4.86. The minimum atomic E-state index is -0.363. The van der Waals surface area contributed by atoms with Crippen LogP contribution < -0.4 is 10.5 Å². The number of amides is 1. The Morgan fingerprint density at radius 3 is 2.65 bits per heavy atom. The van der Waals surface area contributed by atoms with Crippen molar-refractivity contribution >= 4 is 16.8 Å². The summed E-state index contributed by atoms with van der Waals surface area (Å²) in [5.41, 5.74) is 8.29. The number of hydrogen-bond donors (Lipinski definition) is 1. The zero-order valence-corrected chi connectivity index (χ0v) is 12.0. The van der Waals surface area contributed by atoms with Crippen LogP contribution in [0.4, 0.5) is 0 Å². The van der Waals surface area contributed by atoms with E-state index in [0.29, 0.717) is 11.6 Å². The molecule has 4 heteroatoms. The zero-order valence-electron chi connectivity index (χ0n) is 12.0. The topological polar surface area (TPSA) is 57.2 Å². The van der Waals surface area contributed by atoms with E-state index in [0.717, 1.165) is 22.3 Å². The maximum absolute atomic E-state index is 11.8. The number of carbonyl (C=O) groups is 1. The summed E-state index contributed by atoms with van der Waals surface area (Å²) in [6.45, 7) is 1.99. The Labute approximate surface area is 118 Å². The molecule has 0 atom stereocenters. The smallest absolute Gasteiger partial charge is 0.251 e. The Morgan fingerprint density at radius 1 is 1.35 bits per heavy atom. The summed E-state index contributed by atoms with van der Waals surface area (Å²) in [5, 5.41) is 0.904. The Balaban J connectivity index is 2.29. The summed E-state index contributed by atoms with van der Waals surface area (Å²) < 4.78 is 7.56. The van der Waals surface area contributed by atoms with Gasteiger partial charge in [0.1, 0.15) is 5.75 Å². The fraction of sp³-hybridized carbons (Fsp3) is 0.438. The highest BCUT2D eigenvalue weighted by molar-refractivity contribution is 6.08. The van der Waals surface area contributed by atoms with Crippen LogP contribution in [-0.2, 0) is 0 Å². The number of hydrogen-bond acceptors (Lipinski definition) is 2. The molecule has 0 bridgehead atoms. The van der Waals surface area contributed by atoms with Gasteiger partial charge in [-0.15, -0.1) is 0 Å². The van der Waals surface area contributed by atoms with E-state index < -0.39 is 0 Å². The van der Waals surface area contributed by atoms with Crippen LogP contribution in [0, 0.1) is 6.92 Å². The molecular weight excluding hydrogens is 252 g/mol. The molecule has 1 aliphatic carbocycles. The number of nitrogens with zero attached hydrogens (tertiary/aromatic N) is 1. The maximum atomic E-state index is 11.8. The predicted molar refractivity (Wildman–Crippen MR) is 79.2 cm³/mol. The molecule has 1 fully saturated rings. The van der Waals surface area contributed by atoms with Gasteiger partial charge < -0.3 is 15.0 Å². The maximum Gasteiger partial charge on any atom is 0.251 e. The van der Waals surface area contributed by atoms with Crippen LogP contribution in [0.15, 0.2) is 18.2 Å². The second-order valence-corrected chi connectivity index (χ2v) is 5.52. The molecule has 0 radical (unpaired) electrons. The van der Waals surface area contributed by atoms with Gasteiger partial charge in [0, 0.05) is 22.6 Å². The molecule has 1 amide bonds. The molecule has 106 valence electrons. The average molecular weight is 272 g/mol. The monoisotopic (exact) mass is 272 g/mol. The third kappa shape index (κ3) is 1.87. The van der Waals surface area contributed by atoms with Crippen molar-refractivity contribution in [2.75, 3.05) is 7.11 Å². The summed E-state index contributed by atoms with van der Waals surface area (Å²) in [7, 11) is 1.63. The first kappa shape index (κ1) is 13.0. The number of rotatable bonds is 3. The van der Waals surface area contributed by atoms with Crippen molar-refractivity contribution in [1.82, 2.24) is 4.57 Å². The molecule has 1 aliphatic rings. The van der Waals surface area contributed by atoms with Crippen LogP contribution in [-0.4, -0.2) is 17.6 Å². The Kier molecular flexibility index (Phi) is 3.16. The largest absolute Gasteiger partial charge is 0.497 e. The quantitative estimate of drug-likeness (QED) is 0.933. The van der Waals surface area contributed by atoms with Gasteiger partial charge in [0.2, 0.25) is 0 Å². The Bertz CT molecular complexity index is 667. The highest BCUT2D eigenvalue weighted by Gasteiger charge is 2.25. The van der Waals surface area contributed by atoms with Crippen molar-refractivity contribution in [1.29, 1.82) is 0 Å². The molecule has 1 saturated carbocycles. The average Bonchev–Trinajstić information content (AvgIpc) is 3.02. The van der Waals surface area contributed by atoms with E-state index in [-0.39, 0.29) is 5.91 Å². The van der Waals surface area contributed by atoms with Crippen molar-refractivity contribution in [3.63, 3.8) is 0 Å². The summed E-state index contributed by atoms with van der Waals surface area (Å²) in [4.78, 5) is 11.8. The molecule has 1 aromatic carbocycles. The molecule has 4 nitrogen and oxygen atoms in total. The van der Waals surface area contributed by atoms with Gasteiger partial charge in [0.15, 0.2) is 0 Å². The summed E-state index contributed by atoms with van der Waals surface area (Å²) in [5.74, 6) is 0.390. The van der Waals surface area contributed by atoms with Crippen LogP contribution in [0.1, 0.15) is 47.8 Å². The lowest BCUT2D eigenvalue weighted by Crippen LogP contribution is -2.13. The van der Waals surface area contributed by atoms with Crippen LogP contribution in [0.3, 0.4) is 0 Å². The van der Waals surface area contributed by atoms with Crippen molar-refractivity contribution < 1.29 is 9.53 Å². The first-order valence-corrected chi connectivity index (χ1v) is 7.12. The molecule has 0 spiro atoms. The van der Waals surface area contributed by atoms with E-state index in [1.54, 1.807) is 7.11 Å². The number of aromatic nitrogens is 1. The molecule has 1 aromatic heterocycles. The summed E-state index contributed by atoms with van der Waals surface area (Å²) in [6, 6.07) is 6.37. The van der Waals surface area contributed by atoms with Crippen molar-refractivity contribution in [2.45, 2.75) is 38.6 Å². The minimum Gasteiger partial charge on any atom is -0.497 e. The first-order chi connectivity index (χ1) is 9.63. The van der Waals surface area contributed by atoms with E-state index >= 15 is 0 Å². The number of methoxy groups -OCH3 is 1. The van der Waals surface area contributed by atoms with Gasteiger partial charge in [-0.25, -0.2) is 0 Å². The lowest BCUT2D eigenvalue weighted by atomic mass is 10.1. The standard InChI is InChI=1S/C16H20N2O2/c1-10-15(16(17)19)13-9-12(20-2)7-8-14(13)18(10)11-5-3-4-6-11/h7-9,11H,3-6H2,1-2H3,(H2,17,19). The van der Waals surface area contributed by atoms with Gasteiger partial charge in [0.25, 0.3) is 5.91 Å². The highest BCUT2D eigenvalue weighted by atomic mass is 16.5. The highest BCUT2D eigenvalue weighted by Crippen LogP contribution is 2.37. The number of fused-ring (bicyclic) bond motifs is 1. The molecule has 2 N–H and O–H groups in total. The van der Waals surface area contributed by atoms with Crippen LogP contribution in [0.2, 0.25) is 0 Å². The van der Waals surface area contributed by atoms with Gasteiger partial charge in [0.05, 0.1) is 12.7 Å². The van der Waals surface area contributed by atoms with Gasteiger partial charge in [-0.3, -0.25) is 4.79 Å². The number of benzene rings is 1. The van der Waals surface area contributed by atoms with E-state index in [9.17, 15) is 4.79 Å². The molecule has 3 rings (SSSR count). The molecule has 0 saturated heterocycles. The van der Waals surface area contributed by atoms with Crippen molar-refractivity contribution in [3.05, 3.63) is 29.5 Å². The molecule has 0 aliphatic heterocycles. The second-order valence-electron chi connectivity index (χ2n) is 5.52. The van der Waals surface area contributed by atoms with E-state index in [2.05, 4.69) is 4.57 Å². The predicted octanol–water partition coefficient (Wildman–Crippen LogP) is 3.17. The van der Waals surface area contributed by atoms with E-state index in [4.69, 9.17) is 10.5 Å². The van der Waals surface area contributed by atoms with E-state index in [1.807, 2.05) is 25.1 Å². The van der Waals surface area contributed by atoms with E-state index in [1.165, 1.54) is 25.7 Å². The van der Waals surface area contributed by atoms with Gasteiger partial charge in [-0.2, -0.15) is 0 Å². The first-order valence-electron chi connectivity index (χ1n) is 7.12. The zero-order chi connectivity index (χ0) is 14.3. The van der Waals surface area contributed by atoms with Gasteiger partial charge >= 0.3 is 0 Å². The van der Waals surface area contributed by atoms with Crippen molar-refractivity contribution in [3.8, 4) is 5.75 Å². The van der Waals surface area contributed by atoms with Gasteiger partial charge in [-0.1, -0.05) is 12.8 Å². The van der Waals surface area contributed by atoms with Gasteiger partial charge in [-0.05, 0) is 38.0 Å². The third-order valence-electron chi connectivity index (χ3n) is 4.39. The minimum absolute atomic E-state index is 0.363.